The van der Waals surface area contributed by atoms with Crippen LogP contribution in [0.3, 0.4) is 0 Å². The number of nitrogens with two attached hydrogens (primary N) is 3. The number of carbonyl (C=O) groups is 8. The molecule has 6 saturated carbocycles. The highest BCUT2D eigenvalue weighted by molar-refractivity contribution is 6.33. The van der Waals surface area contributed by atoms with Gasteiger partial charge in [-0.3, -0.25) is 19.2 Å². The monoisotopic (exact) mass is 1620 g/mol. The zero-order valence-electron chi connectivity index (χ0n) is 67.1. The number of halogens is 4. The minimum atomic E-state index is -1.06. The molecule has 6 fully saturated rings. The third-order valence-electron chi connectivity index (χ3n) is 17.9. The van der Waals surface area contributed by atoms with Crippen molar-refractivity contribution in [2.24, 2.45) is 35.0 Å². The van der Waals surface area contributed by atoms with Crippen molar-refractivity contribution in [2.45, 2.75) is 340 Å². The quantitative estimate of drug-likeness (QED) is 0.0565. The molecule has 0 spiro atoms. The van der Waals surface area contributed by atoms with E-state index in [9.17, 15) is 43.6 Å². The average Bonchev–Trinajstić information content (AvgIpc) is 1.61. The van der Waals surface area contributed by atoms with E-state index in [0.717, 1.165) is 81.3 Å². The van der Waals surface area contributed by atoms with Crippen LogP contribution in [-0.2, 0) is 73.7 Å². The molecule has 0 saturated heterocycles. The van der Waals surface area contributed by atoms with E-state index >= 15 is 0 Å². The number of nitriles is 1. The zero-order chi connectivity index (χ0) is 81.9. The molecule has 4 heterocycles. The van der Waals surface area contributed by atoms with E-state index in [1.54, 1.807) is 97.1 Å². The number of hydrogen-bond acceptors (Lipinski definition) is 27. The Balaban J connectivity index is 0.000000286. The largest absolute Gasteiger partial charge is 0.519 e. The van der Waals surface area contributed by atoms with Crippen molar-refractivity contribution in [3.63, 3.8) is 0 Å². The van der Waals surface area contributed by atoms with E-state index in [2.05, 4.69) is 61.4 Å². The van der Waals surface area contributed by atoms with E-state index < -0.39 is 74.8 Å². The maximum Gasteiger partial charge on any atom is 0.519 e. The lowest BCUT2D eigenvalue weighted by atomic mass is 9.77. The highest BCUT2D eigenvalue weighted by Crippen LogP contribution is 2.47. The summed E-state index contributed by atoms with van der Waals surface area (Å²) in [7, 11) is 0. The van der Waals surface area contributed by atoms with Gasteiger partial charge in [0.2, 0.25) is 27.7 Å². The number of nitrogens with zero attached hydrogens (tertiary/aromatic N) is 13. The molecule has 0 radical (unpaired) electrons. The maximum atomic E-state index is 12.5. The van der Waals surface area contributed by atoms with Crippen LogP contribution in [0.15, 0.2) is 18.6 Å². The van der Waals surface area contributed by atoms with Crippen molar-refractivity contribution in [3.8, 4) is 6.07 Å². The molecule has 616 valence electrons. The molecular weight excluding hydrogens is 1510 g/mol. The molecule has 32 nitrogen and oxygen atoms in total. The van der Waals surface area contributed by atoms with Crippen molar-refractivity contribution in [1.29, 1.82) is 5.26 Å². The number of aromatic nitrogens is 12. The van der Waals surface area contributed by atoms with Gasteiger partial charge in [0.05, 0.1) is 54.4 Å². The summed E-state index contributed by atoms with van der Waals surface area (Å²) in [5.41, 5.74) is 14.0. The molecule has 0 aliphatic heterocycles. The lowest BCUT2D eigenvalue weighted by molar-refractivity contribution is -0.156. The van der Waals surface area contributed by atoms with Gasteiger partial charge < -0.3 is 55.1 Å². The van der Waals surface area contributed by atoms with Gasteiger partial charge >= 0.3 is 36.6 Å². The van der Waals surface area contributed by atoms with E-state index in [4.69, 9.17) is 80.4 Å². The fourth-order valence-electron chi connectivity index (χ4n) is 12.4. The molecular formula is C74H116Cl4N16O16. The van der Waals surface area contributed by atoms with Crippen LogP contribution in [0.2, 0.25) is 15.9 Å². The van der Waals surface area contributed by atoms with Crippen LogP contribution >= 0.6 is 47.2 Å². The van der Waals surface area contributed by atoms with Gasteiger partial charge in [-0.05, 0) is 254 Å². The van der Waals surface area contributed by atoms with Crippen molar-refractivity contribution >= 4 is 95.6 Å². The van der Waals surface area contributed by atoms with Crippen LogP contribution in [0.1, 0.15) is 307 Å². The van der Waals surface area contributed by atoms with Crippen LogP contribution in [0, 0.1) is 29.1 Å². The number of esters is 2. The molecule has 4 aromatic heterocycles. The molecule has 0 aromatic carbocycles. The Morgan fingerprint density at radius 2 is 0.700 bits per heavy atom. The molecule has 6 N–H and O–H groups in total. The summed E-state index contributed by atoms with van der Waals surface area (Å²) >= 11 is 16.0. The zero-order valence-corrected chi connectivity index (χ0v) is 70.2. The predicted octanol–water partition coefficient (Wildman–Crippen LogP) is 15.2. The lowest BCUT2D eigenvalue weighted by Crippen LogP contribution is -2.34. The summed E-state index contributed by atoms with van der Waals surface area (Å²) in [5.74, 6) is 0.237. The summed E-state index contributed by atoms with van der Waals surface area (Å²) in [4.78, 5) is 103. The molecule has 10 rings (SSSR count). The second-order valence-corrected chi connectivity index (χ2v) is 35.4. The summed E-state index contributed by atoms with van der Waals surface area (Å²) in [6.07, 6.45) is 24.3. The van der Waals surface area contributed by atoms with Crippen molar-refractivity contribution in [3.05, 3.63) is 51.5 Å². The minimum absolute atomic E-state index is 0. The number of amides is 2. The average molecular weight is 1630 g/mol. The first-order valence-corrected chi connectivity index (χ1v) is 38.5. The molecule has 3 atom stereocenters. The van der Waals surface area contributed by atoms with Crippen molar-refractivity contribution in [1.82, 2.24) is 59.9 Å². The molecule has 2 amide bonds. The smallest absolute Gasteiger partial charge is 0.460 e. The third-order valence-corrected chi connectivity index (χ3v) is 18.4. The SMILES string of the molecule is CC(C)(C)OC(=O)C[C@H](c1cn(C2(C#N)CC2)nn1)C1CCCCC1.CC(C)(C)OC(=O)C[C@H](c1cn(C2(C(N)=O)CC2)nn1)C1CCCCC1.CC(C)(C)OC(=O)OC(=O)OC(C)(C)C.CC(C)(C)OC(=O)OC(=O)OC(C)(C)C.Cl.Clc1nc(Cl)nc(Cl)n1.NC(=O)C1(n2cc([C@@H](N)C3CCCCC3)nn2)CC1. The van der Waals surface area contributed by atoms with Gasteiger partial charge in [0.1, 0.15) is 44.7 Å². The third kappa shape index (κ3) is 33.0. The Bertz CT molecular complexity index is 3580. The highest BCUT2D eigenvalue weighted by Gasteiger charge is 2.53. The molecule has 0 unspecified atom stereocenters. The number of primary amides is 2. The van der Waals surface area contributed by atoms with Gasteiger partial charge in [-0.2, -0.15) is 20.2 Å². The molecule has 0 bridgehead atoms. The van der Waals surface area contributed by atoms with Crippen LogP contribution in [0.4, 0.5) is 19.2 Å². The Kier molecular flexibility index (Phi) is 34.7. The molecule has 110 heavy (non-hydrogen) atoms. The summed E-state index contributed by atoms with van der Waals surface area (Å²) < 4.78 is 43.6. The van der Waals surface area contributed by atoms with Crippen molar-refractivity contribution in [2.75, 3.05) is 0 Å². The van der Waals surface area contributed by atoms with Gasteiger partial charge in [-0.25, -0.2) is 33.2 Å². The number of ether oxygens (including phenoxy) is 8. The number of rotatable bonds is 15. The van der Waals surface area contributed by atoms with Crippen LogP contribution in [0.25, 0.3) is 0 Å². The molecule has 4 aromatic rings. The Morgan fingerprint density at radius 3 is 0.964 bits per heavy atom. The fourth-order valence-corrected chi connectivity index (χ4v) is 13.0. The standard InChI is InChI=1S/C19H30N4O3.C19H28N4O2.C13H21N5O.2C10H18O5.C3Cl3N3.ClH/c1-18(2,3)26-16(24)11-14(13-7-5-4-6-8-13)15-12-23(22-21-15)19(9-10-19)17(20)25;1-18(2,3)25-17(24)11-15(14-7-5-4-6-8-14)16-12-23(22-21-16)19(13-20)9-10-19;14-11(9-4-2-1-3-5-9)10-8-18(17-16-10)13(6-7-13)12(15)19;2*1-9(2,3)14-7(11)13-8(12)15-10(4,5)6;4-1-7-2(5)9-3(6)8-1;/h12-14H,4-11H2,1-3H3,(H2,20,25);12,14-15H,4-11H2,1-3H3;8-9,11H,1-7,14H2,(H2,15,19);2*1-6H3;;1H/t14-;15-;11-;;;;/m000..../s1. The first-order chi connectivity index (χ1) is 50.3. The summed E-state index contributed by atoms with van der Waals surface area (Å²) in [5, 5.41) is 34.7. The Labute approximate surface area is 666 Å². The molecule has 6 aliphatic rings. The predicted molar refractivity (Wildman–Crippen MR) is 408 cm³/mol. The second kappa shape index (κ2) is 40.2. The van der Waals surface area contributed by atoms with Gasteiger partial charge in [0, 0.05) is 18.0 Å². The van der Waals surface area contributed by atoms with Crippen molar-refractivity contribution < 1.29 is 76.3 Å². The summed E-state index contributed by atoms with van der Waals surface area (Å²) in [6.45, 7) is 31.3. The van der Waals surface area contributed by atoms with Gasteiger partial charge in [-0.1, -0.05) is 73.4 Å². The topological polar surface area (TPSA) is 443 Å². The van der Waals surface area contributed by atoms with Gasteiger partial charge in [-0.15, -0.1) is 27.7 Å². The first-order valence-electron chi connectivity index (χ1n) is 37.3. The summed E-state index contributed by atoms with van der Waals surface area (Å²) in [6, 6.07) is 2.27. The highest BCUT2D eigenvalue weighted by atomic mass is 35.5. The van der Waals surface area contributed by atoms with E-state index in [1.807, 2.05) is 60.1 Å². The Hall–Kier alpha value is -7.60. The minimum Gasteiger partial charge on any atom is -0.460 e. The van der Waals surface area contributed by atoms with Gasteiger partial charge in [0.15, 0.2) is 5.54 Å². The molecule has 36 heteroatoms. The Morgan fingerprint density at radius 1 is 0.436 bits per heavy atom. The van der Waals surface area contributed by atoms with Crippen LogP contribution in [-0.4, -0.2) is 142 Å². The fraction of sp³-hybridized carbons (Fsp3) is 0.757. The van der Waals surface area contributed by atoms with Gasteiger partial charge in [0.25, 0.3) is 0 Å². The normalized spacial score (nSPS) is 18.0. The first kappa shape index (κ1) is 94.8. The van der Waals surface area contributed by atoms with Crippen LogP contribution in [0.5, 0.6) is 0 Å². The maximum absolute atomic E-state index is 12.5. The van der Waals surface area contributed by atoms with Crippen LogP contribution < -0.4 is 17.2 Å². The second-order valence-electron chi connectivity index (χ2n) is 34.4. The lowest BCUT2D eigenvalue weighted by Gasteiger charge is -2.29. The van der Waals surface area contributed by atoms with E-state index in [0.29, 0.717) is 43.4 Å². The van der Waals surface area contributed by atoms with E-state index in [1.165, 1.54) is 57.8 Å². The van der Waals surface area contributed by atoms with E-state index in [-0.39, 0.29) is 69.9 Å². The number of hydrogen-bond donors (Lipinski definition) is 3. The number of carbonyl (C=O) groups excluding carboxylic acids is 8. The molecule has 6 aliphatic carbocycles.